The van der Waals surface area contributed by atoms with Crippen molar-refractivity contribution in [3.8, 4) is 0 Å². The van der Waals surface area contributed by atoms with Gasteiger partial charge in [-0.3, -0.25) is 0 Å². The van der Waals surface area contributed by atoms with Gasteiger partial charge in [-0.15, -0.1) is 23.4 Å². The summed E-state index contributed by atoms with van der Waals surface area (Å²) in [6, 6.07) is 5.62. The van der Waals surface area contributed by atoms with E-state index in [0.717, 1.165) is 22.8 Å². The van der Waals surface area contributed by atoms with Gasteiger partial charge in [-0.2, -0.15) is 0 Å². The Morgan fingerprint density at radius 3 is 2.89 bits per heavy atom. The Hall–Kier alpha value is -0.0900. The molecule has 1 heterocycles. The van der Waals surface area contributed by atoms with E-state index in [1.54, 1.807) is 17.8 Å². The third-order valence-electron chi connectivity index (χ3n) is 2.60. The number of thioether (sulfide) groups is 1. The van der Waals surface area contributed by atoms with Crippen LogP contribution in [0.3, 0.4) is 0 Å². The van der Waals surface area contributed by atoms with Gasteiger partial charge < -0.3 is 4.84 Å². The average Bonchev–Trinajstić information content (AvgIpc) is 2.74. The second-order valence-electron chi connectivity index (χ2n) is 4.34. The van der Waals surface area contributed by atoms with Gasteiger partial charge in [-0.05, 0) is 18.6 Å². The summed E-state index contributed by atoms with van der Waals surface area (Å²) in [5.74, 6) is 1.15. The molecule has 0 saturated heterocycles. The summed E-state index contributed by atoms with van der Waals surface area (Å²) in [5.41, 5.74) is 0.624. The van der Waals surface area contributed by atoms with Crippen LogP contribution in [0.15, 0.2) is 23.4 Å². The summed E-state index contributed by atoms with van der Waals surface area (Å²) in [6.45, 7) is 1.95. The second kappa shape index (κ2) is 5.91. The molecule has 0 aromatic heterocycles. The topological polar surface area (TPSA) is 21.6 Å². The van der Waals surface area contributed by atoms with Crippen LogP contribution in [-0.2, 0) is 10.6 Å². The fourth-order valence-electron chi connectivity index (χ4n) is 1.52. The third-order valence-corrected chi connectivity index (χ3v) is 5.03. The first-order valence-electron chi connectivity index (χ1n) is 5.41. The lowest BCUT2D eigenvalue weighted by Crippen LogP contribution is -2.26. The number of alkyl halides is 1. The Kier molecular flexibility index (Phi) is 4.70. The van der Waals surface area contributed by atoms with E-state index < -0.39 is 0 Å². The van der Waals surface area contributed by atoms with E-state index >= 15 is 0 Å². The minimum Gasteiger partial charge on any atom is -0.387 e. The molecule has 1 aromatic carbocycles. The first-order chi connectivity index (χ1) is 8.54. The molecule has 2 nitrogen and oxygen atoms in total. The molecule has 0 fully saturated rings. The third kappa shape index (κ3) is 3.27. The summed E-state index contributed by atoms with van der Waals surface area (Å²) in [6.07, 6.45) is 0.735. The molecule has 0 aliphatic carbocycles. The maximum atomic E-state index is 6.12. The predicted molar refractivity (Wildman–Crippen MR) is 80.0 cm³/mol. The van der Waals surface area contributed by atoms with Gasteiger partial charge in [0, 0.05) is 12.2 Å². The summed E-state index contributed by atoms with van der Waals surface area (Å²) in [5, 5.41) is 6.16. The lowest BCUT2D eigenvalue weighted by Gasteiger charge is -2.16. The summed E-state index contributed by atoms with van der Waals surface area (Å²) in [4.78, 5) is 5.32. The highest BCUT2D eigenvalue weighted by Crippen LogP contribution is 2.33. The first-order valence-corrected chi connectivity index (χ1v) is 7.68. The molecule has 0 bridgehead atoms. The monoisotopic (exact) mass is 323 g/mol. The van der Waals surface area contributed by atoms with Gasteiger partial charge in [-0.25, -0.2) is 0 Å². The van der Waals surface area contributed by atoms with Gasteiger partial charge in [0.05, 0.1) is 15.9 Å². The fourth-order valence-corrected chi connectivity index (χ4v) is 3.19. The van der Waals surface area contributed by atoms with Crippen molar-refractivity contribution in [1.82, 2.24) is 0 Å². The molecular weight excluding hydrogens is 313 g/mol. The molecule has 6 heteroatoms. The molecule has 0 amide bonds. The number of halogens is 3. The zero-order valence-corrected chi connectivity index (χ0v) is 12.8. The molecule has 18 heavy (non-hydrogen) atoms. The van der Waals surface area contributed by atoms with Crippen LogP contribution in [0.5, 0.6) is 0 Å². The van der Waals surface area contributed by atoms with Crippen LogP contribution in [0.1, 0.15) is 18.9 Å². The Labute approximate surface area is 126 Å². The molecule has 1 unspecified atom stereocenters. The van der Waals surface area contributed by atoms with E-state index in [1.165, 1.54) is 0 Å². The molecule has 0 spiro atoms. The van der Waals surface area contributed by atoms with Gasteiger partial charge in [0.25, 0.3) is 0 Å². The lowest BCUT2D eigenvalue weighted by molar-refractivity contribution is 0.0152. The summed E-state index contributed by atoms with van der Waals surface area (Å²) < 4.78 is 0. The van der Waals surface area contributed by atoms with Crippen molar-refractivity contribution >= 4 is 51.6 Å². The molecule has 1 aliphatic heterocycles. The molecule has 0 N–H and O–H groups in total. The van der Waals surface area contributed by atoms with Gasteiger partial charge in [0.2, 0.25) is 0 Å². The van der Waals surface area contributed by atoms with Crippen LogP contribution in [0, 0.1) is 0 Å². The Morgan fingerprint density at radius 2 is 2.22 bits per heavy atom. The van der Waals surface area contributed by atoms with Crippen LogP contribution in [0.4, 0.5) is 0 Å². The highest BCUT2D eigenvalue weighted by molar-refractivity contribution is 8.13. The second-order valence-corrected chi connectivity index (χ2v) is 6.44. The Bertz CT molecular complexity index is 480. The van der Waals surface area contributed by atoms with E-state index in [9.17, 15) is 0 Å². The van der Waals surface area contributed by atoms with Crippen molar-refractivity contribution in [3.05, 3.63) is 33.8 Å². The van der Waals surface area contributed by atoms with Crippen LogP contribution in [-0.4, -0.2) is 16.5 Å². The van der Waals surface area contributed by atoms with Gasteiger partial charge in [0.1, 0.15) is 5.04 Å². The largest absolute Gasteiger partial charge is 0.387 e. The van der Waals surface area contributed by atoms with E-state index in [4.69, 9.17) is 39.6 Å². The molecule has 0 saturated carbocycles. The molecule has 1 aromatic rings. The maximum Gasteiger partial charge on any atom is 0.154 e. The number of oxime groups is 1. The zero-order valence-electron chi connectivity index (χ0n) is 9.75. The first kappa shape index (κ1) is 14.3. The normalized spacial score (nSPS) is 22.8. The van der Waals surface area contributed by atoms with E-state index in [2.05, 4.69) is 5.16 Å². The fraction of sp³-hybridized carbons (Fsp3) is 0.417. The smallest absolute Gasteiger partial charge is 0.154 e. The van der Waals surface area contributed by atoms with Crippen LogP contribution < -0.4 is 0 Å². The van der Waals surface area contributed by atoms with E-state index in [0.29, 0.717) is 15.9 Å². The number of benzene rings is 1. The summed E-state index contributed by atoms with van der Waals surface area (Å²) >= 11 is 19.5. The Morgan fingerprint density at radius 1 is 1.44 bits per heavy atom. The summed E-state index contributed by atoms with van der Waals surface area (Å²) in [7, 11) is 0. The van der Waals surface area contributed by atoms with Crippen molar-refractivity contribution in [1.29, 1.82) is 0 Å². The van der Waals surface area contributed by atoms with Crippen molar-refractivity contribution in [3.63, 3.8) is 0 Å². The quantitative estimate of drug-likeness (QED) is 0.733. The molecular formula is C12H12Cl3NOS. The number of hydrogen-bond donors (Lipinski definition) is 0. The molecule has 98 valence electrons. The van der Waals surface area contributed by atoms with Crippen molar-refractivity contribution < 1.29 is 4.84 Å². The van der Waals surface area contributed by atoms with Crippen molar-refractivity contribution in [2.75, 3.05) is 5.88 Å². The zero-order chi connectivity index (χ0) is 13.2. The highest BCUT2D eigenvalue weighted by Gasteiger charge is 2.33. The Balaban J connectivity index is 1.95. The van der Waals surface area contributed by atoms with Crippen molar-refractivity contribution in [2.24, 2.45) is 5.16 Å². The number of rotatable bonds is 3. The van der Waals surface area contributed by atoms with Crippen LogP contribution >= 0.6 is 46.6 Å². The lowest BCUT2D eigenvalue weighted by atomic mass is 10.1. The standard InChI is InChI=1S/C12H12Cl3NOS/c1-12(7-13)5-10(16-17-12)18-6-8-3-2-4-9(14)11(8)15/h2-4H,5-7H2,1H3. The number of nitrogens with zero attached hydrogens (tertiary/aromatic N) is 1. The van der Waals surface area contributed by atoms with Crippen LogP contribution in [0.2, 0.25) is 10.0 Å². The van der Waals surface area contributed by atoms with Crippen LogP contribution in [0.25, 0.3) is 0 Å². The minimum atomic E-state index is -0.373. The van der Waals surface area contributed by atoms with Gasteiger partial charge in [0.15, 0.2) is 5.60 Å². The van der Waals surface area contributed by atoms with Crippen molar-refractivity contribution in [2.45, 2.75) is 24.7 Å². The van der Waals surface area contributed by atoms with Gasteiger partial charge in [-0.1, -0.05) is 40.5 Å². The molecule has 1 aliphatic rings. The molecule has 2 rings (SSSR count). The van der Waals surface area contributed by atoms with E-state index in [1.807, 2.05) is 19.1 Å². The van der Waals surface area contributed by atoms with E-state index in [-0.39, 0.29) is 5.60 Å². The highest BCUT2D eigenvalue weighted by atomic mass is 35.5. The predicted octanol–water partition coefficient (Wildman–Crippen LogP) is 4.96. The maximum absolute atomic E-state index is 6.12. The average molecular weight is 325 g/mol. The minimum absolute atomic E-state index is 0.373. The van der Waals surface area contributed by atoms with Gasteiger partial charge >= 0.3 is 0 Å². The molecule has 0 radical (unpaired) electrons. The molecule has 1 atom stereocenters. The number of hydrogen-bond acceptors (Lipinski definition) is 3. The SMILES string of the molecule is CC1(CCl)CC(SCc2cccc(Cl)c2Cl)=NO1.